The Morgan fingerprint density at radius 2 is 1.53 bits per heavy atom. The fourth-order valence-corrected chi connectivity index (χ4v) is 2.57. The van der Waals surface area contributed by atoms with Gasteiger partial charge >= 0.3 is 0 Å². The van der Waals surface area contributed by atoms with Crippen molar-refractivity contribution in [3.63, 3.8) is 0 Å². The molecule has 2 aliphatic rings. The quantitative estimate of drug-likeness (QED) is 0.632. The van der Waals surface area contributed by atoms with Crippen LogP contribution in [-0.2, 0) is 0 Å². The van der Waals surface area contributed by atoms with Crippen molar-refractivity contribution in [3.8, 4) is 0 Å². The van der Waals surface area contributed by atoms with Crippen LogP contribution in [0.1, 0.15) is 38.3 Å². The number of benzene rings is 1. The van der Waals surface area contributed by atoms with E-state index in [1.165, 1.54) is 17.5 Å². The van der Waals surface area contributed by atoms with Crippen LogP contribution in [0.3, 0.4) is 0 Å². The van der Waals surface area contributed by atoms with Gasteiger partial charge in [-0.25, -0.2) is 0 Å². The van der Waals surface area contributed by atoms with E-state index in [2.05, 4.69) is 50.3 Å². The molecule has 0 aliphatic heterocycles. The standard InChI is InChI=1S/C15H16.C2H6/c1-10-3-6-12(7-4-10)13-8-5-11(2)14-9-15(13)14;1-2/h3-8,14-15H,9H2,1-2H3;1-2H3. The summed E-state index contributed by atoms with van der Waals surface area (Å²) in [6, 6.07) is 8.92. The summed E-state index contributed by atoms with van der Waals surface area (Å²) in [5.74, 6) is 1.67. The lowest BCUT2D eigenvalue weighted by Crippen LogP contribution is -1.95. The average Bonchev–Trinajstić information content (AvgIpc) is 3.15. The minimum absolute atomic E-state index is 0.817. The van der Waals surface area contributed by atoms with Gasteiger partial charge in [0.15, 0.2) is 0 Å². The summed E-state index contributed by atoms with van der Waals surface area (Å²) in [5, 5.41) is 0. The highest BCUT2D eigenvalue weighted by Gasteiger charge is 2.42. The van der Waals surface area contributed by atoms with Gasteiger partial charge < -0.3 is 0 Å². The molecule has 3 rings (SSSR count). The predicted molar refractivity (Wildman–Crippen MR) is 75.9 cm³/mol. The van der Waals surface area contributed by atoms with E-state index in [9.17, 15) is 0 Å². The first-order chi connectivity index (χ1) is 8.25. The molecule has 0 radical (unpaired) electrons. The van der Waals surface area contributed by atoms with Crippen molar-refractivity contribution in [2.45, 2.75) is 34.1 Å². The lowest BCUT2D eigenvalue weighted by atomic mass is 9.93. The molecule has 0 heteroatoms. The Morgan fingerprint density at radius 3 is 2.18 bits per heavy atom. The van der Waals surface area contributed by atoms with Crippen molar-refractivity contribution in [3.05, 3.63) is 53.1 Å². The summed E-state index contributed by atoms with van der Waals surface area (Å²) < 4.78 is 0. The van der Waals surface area contributed by atoms with Gasteiger partial charge in [0.2, 0.25) is 0 Å². The Bertz CT molecular complexity index is 445. The van der Waals surface area contributed by atoms with Gasteiger partial charge in [-0.05, 0) is 43.2 Å². The fraction of sp³-hybridized carbons (Fsp3) is 0.412. The lowest BCUT2D eigenvalue weighted by Gasteiger charge is -2.11. The number of aryl methyl sites for hydroxylation is 1. The normalized spacial score (nSPS) is 24.9. The van der Waals surface area contributed by atoms with E-state index < -0.39 is 0 Å². The smallest absolute Gasteiger partial charge is 0.00843 e. The highest BCUT2D eigenvalue weighted by molar-refractivity contribution is 5.73. The molecule has 0 bridgehead atoms. The van der Waals surface area contributed by atoms with Gasteiger partial charge in [-0.2, -0.15) is 0 Å². The van der Waals surface area contributed by atoms with E-state index in [4.69, 9.17) is 0 Å². The molecule has 0 nitrogen and oxygen atoms in total. The van der Waals surface area contributed by atoms with Crippen molar-refractivity contribution in [2.24, 2.45) is 11.8 Å². The number of hydrogen-bond acceptors (Lipinski definition) is 0. The topological polar surface area (TPSA) is 0 Å². The summed E-state index contributed by atoms with van der Waals surface area (Å²) in [6.07, 6.45) is 5.97. The molecule has 1 aromatic rings. The average molecular weight is 226 g/mol. The molecule has 0 N–H and O–H groups in total. The van der Waals surface area contributed by atoms with Gasteiger partial charge in [-0.3, -0.25) is 0 Å². The van der Waals surface area contributed by atoms with Crippen LogP contribution in [0, 0.1) is 18.8 Å². The van der Waals surface area contributed by atoms with Crippen LogP contribution in [0.2, 0.25) is 0 Å². The highest BCUT2D eigenvalue weighted by Crippen LogP contribution is 2.54. The zero-order valence-electron chi connectivity index (χ0n) is 11.3. The summed E-state index contributed by atoms with van der Waals surface area (Å²) >= 11 is 0. The molecule has 0 aromatic heterocycles. The molecule has 2 unspecified atom stereocenters. The second-order valence-electron chi connectivity index (χ2n) is 4.85. The van der Waals surface area contributed by atoms with Crippen LogP contribution in [0.5, 0.6) is 0 Å². The van der Waals surface area contributed by atoms with Crippen LogP contribution in [-0.4, -0.2) is 0 Å². The van der Waals surface area contributed by atoms with Crippen molar-refractivity contribution in [1.29, 1.82) is 0 Å². The monoisotopic (exact) mass is 226 g/mol. The highest BCUT2D eigenvalue weighted by atomic mass is 14.5. The molecule has 90 valence electrons. The number of fused-ring (bicyclic) bond motifs is 1. The Morgan fingerprint density at radius 1 is 0.882 bits per heavy atom. The second kappa shape index (κ2) is 4.91. The molecule has 0 heterocycles. The molecule has 0 spiro atoms. The van der Waals surface area contributed by atoms with Gasteiger partial charge in [0.25, 0.3) is 0 Å². The molecule has 2 aliphatic carbocycles. The molecular formula is C17H22. The largest absolute Gasteiger partial charge is 0.0696 e. The van der Waals surface area contributed by atoms with Gasteiger partial charge in [-0.15, -0.1) is 0 Å². The summed E-state index contributed by atoms with van der Waals surface area (Å²) in [4.78, 5) is 0. The molecule has 1 aromatic carbocycles. The van der Waals surface area contributed by atoms with E-state index in [1.807, 2.05) is 13.8 Å². The van der Waals surface area contributed by atoms with Crippen LogP contribution < -0.4 is 0 Å². The van der Waals surface area contributed by atoms with E-state index in [1.54, 1.807) is 11.1 Å². The van der Waals surface area contributed by atoms with Crippen molar-refractivity contribution < 1.29 is 0 Å². The summed E-state index contributed by atoms with van der Waals surface area (Å²) in [6.45, 7) is 8.40. The molecule has 0 saturated heterocycles. The van der Waals surface area contributed by atoms with Crippen molar-refractivity contribution >= 4 is 5.57 Å². The number of allylic oxidation sites excluding steroid dienone is 4. The molecular weight excluding hydrogens is 204 g/mol. The Kier molecular flexibility index (Phi) is 3.51. The van der Waals surface area contributed by atoms with Crippen LogP contribution in [0.25, 0.3) is 5.57 Å². The van der Waals surface area contributed by atoms with E-state index in [-0.39, 0.29) is 0 Å². The molecule has 1 fully saturated rings. The molecule has 2 atom stereocenters. The maximum Gasteiger partial charge on any atom is -0.00843 e. The third kappa shape index (κ3) is 2.36. The fourth-order valence-electron chi connectivity index (χ4n) is 2.57. The van der Waals surface area contributed by atoms with Crippen LogP contribution in [0.15, 0.2) is 42.0 Å². The van der Waals surface area contributed by atoms with Gasteiger partial charge in [0.05, 0.1) is 0 Å². The van der Waals surface area contributed by atoms with E-state index in [0.717, 1.165) is 11.8 Å². The lowest BCUT2D eigenvalue weighted by molar-refractivity contribution is 0.923. The summed E-state index contributed by atoms with van der Waals surface area (Å²) in [7, 11) is 0. The van der Waals surface area contributed by atoms with Gasteiger partial charge in [-0.1, -0.05) is 61.4 Å². The first-order valence-corrected chi connectivity index (χ1v) is 6.71. The molecule has 0 amide bonds. The third-order valence-electron chi connectivity index (χ3n) is 3.69. The molecule has 1 saturated carbocycles. The van der Waals surface area contributed by atoms with Crippen LogP contribution in [0.4, 0.5) is 0 Å². The van der Waals surface area contributed by atoms with Gasteiger partial charge in [0, 0.05) is 0 Å². The minimum atomic E-state index is 0.817. The van der Waals surface area contributed by atoms with E-state index >= 15 is 0 Å². The SMILES string of the molecule is CC.CC1=CC=C(c2ccc(C)cc2)C2CC12. The Balaban J connectivity index is 0.000000514. The Labute approximate surface area is 105 Å². The zero-order chi connectivity index (χ0) is 12.4. The first-order valence-electron chi connectivity index (χ1n) is 6.71. The number of rotatable bonds is 1. The Hall–Kier alpha value is -1.30. The maximum absolute atomic E-state index is 2.31. The van der Waals surface area contributed by atoms with E-state index in [0.29, 0.717) is 0 Å². The van der Waals surface area contributed by atoms with Gasteiger partial charge in [0.1, 0.15) is 0 Å². The minimum Gasteiger partial charge on any atom is -0.0696 e. The maximum atomic E-state index is 2.31. The first kappa shape index (κ1) is 12.2. The molecule has 17 heavy (non-hydrogen) atoms. The van der Waals surface area contributed by atoms with Crippen molar-refractivity contribution in [2.75, 3.05) is 0 Å². The zero-order valence-corrected chi connectivity index (χ0v) is 11.3. The third-order valence-corrected chi connectivity index (χ3v) is 3.69. The number of hydrogen-bond donors (Lipinski definition) is 0. The van der Waals surface area contributed by atoms with Crippen molar-refractivity contribution in [1.82, 2.24) is 0 Å². The predicted octanol–water partition coefficient (Wildman–Crippen LogP) is 5.00. The summed E-state index contributed by atoms with van der Waals surface area (Å²) in [5.41, 5.74) is 5.87. The second-order valence-corrected chi connectivity index (χ2v) is 4.85. The van der Waals surface area contributed by atoms with Crippen LogP contribution >= 0.6 is 0 Å².